The Balaban J connectivity index is 1.35. The molecular weight excluding hydrogens is 367 g/mol. The Hall–Kier alpha value is -2.41. The molecule has 2 fully saturated rings. The zero-order chi connectivity index (χ0) is 18.8. The third-order valence-corrected chi connectivity index (χ3v) is 5.43. The fourth-order valence-electron chi connectivity index (χ4n) is 3.57. The summed E-state index contributed by atoms with van der Waals surface area (Å²) >= 11 is 6.20. The molecule has 1 aliphatic heterocycles. The van der Waals surface area contributed by atoms with Crippen molar-refractivity contribution in [2.75, 3.05) is 38.1 Å². The van der Waals surface area contributed by atoms with Crippen molar-refractivity contribution in [2.45, 2.75) is 18.4 Å². The molecule has 2 aromatic rings. The number of hydrogen-bond acceptors (Lipinski definition) is 4. The van der Waals surface area contributed by atoms with Gasteiger partial charge in [0.1, 0.15) is 5.82 Å². The van der Waals surface area contributed by atoms with E-state index in [0.29, 0.717) is 10.6 Å². The molecule has 0 bridgehead atoms. The number of guanidine groups is 1. The Bertz CT molecular complexity index is 802. The summed E-state index contributed by atoms with van der Waals surface area (Å²) in [4.78, 5) is 17.4. The number of anilines is 1. The first kappa shape index (κ1) is 18.0. The number of aliphatic imine (C=N–C) groups is 1. The molecule has 6 nitrogen and oxygen atoms in total. The van der Waals surface area contributed by atoms with E-state index in [1.807, 2.05) is 6.07 Å². The van der Waals surface area contributed by atoms with Crippen LogP contribution in [-0.4, -0.2) is 60.1 Å². The molecular formula is C19H22ClFN6. The lowest BCUT2D eigenvalue weighted by atomic mass is 10.1. The Kier molecular flexibility index (Phi) is 5.11. The van der Waals surface area contributed by atoms with E-state index in [4.69, 9.17) is 11.6 Å². The molecule has 2 atom stereocenters. The molecule has 2 aliphatic rings. The summed E-state index contributed by atoms with van der Waals surface area (Å²) in [7, 11) is 1.78. The topological polar surface area (TPSA) is 56.7 Å². The molecule has 27 heavy (non-hydrogen) atoms. The second-order valence-corrected chi connectivity index (χ2v) is 7.21. The van der Waals surface area contributed by atoms with Gasteiger partial charge in [0, 0.05) is 68.2 Å². The lowest BCUT2D eigenvalue weighted by molar-refractivity contribution is 0.369. The summed E-state index contributed by atoms with van der Waals surface area (Å²) in [5.74, 6) is 1.47. The molecule has 2 heterocycles. The SMILES string of the molecule is CN=C(NC1CC1c1c(F)cccc1Cl)N1CCN(c2ncccn2)CC1. The minimum atomic E-state index is -0.233. The van der Waals surface area contributed by atoms with Crippen LogP contribution in [0.4, 0.5) is 10.3 Å². The van der Waals surface area contributed by atoms with Gasteiger partial charge in [0.25, 0.3) is 0 Å². The van der Waals surface area contributed by atoms with Crippen molar-refractivity contribution in [3.8, 4) is 0 Å². The van der Waals surface area contributed by atoms with E-state index in [-0.39, 0.29) is 17.8 Å². The zero-order valence-electron chi connectivity index (χ0n) is 15.1. The van der Waals surface area contributed by atoms with E-state index in [1.165, 1.54) is 6.07 Å². The van der Waals surface area contributed by atoms with Gasteiger partial charge < -0.3 is 15.1 Å². The van der Waals surface area contributed by atoms with Crippen LogP contribution in [0.2, 0.25) is 5.02 Å². The van der Waals surface area contributed by atoms with Gasteiger partial charge in [-0.2, -0.15) is 0 Å². The number of nitrogens with zero attached hydrogens (tertiary/aromatic N) is 5. The van der Waals surface area contributed by atoms with Gasteiger partial charge in [-0.1, -0.05) is 17.7 Å². The first-order valence-corrected chi connectivity index (χ1v) is 9.49. The maximum Gasteiger partial charge on any atom is 0.225 e. The molecule has 1 N–H and O–H groups in total. The molecule has 1 aromatic carbocycles. The third kappa shape index (κ3) is 3.83. The first-order chi connectivity index (χ1) is 13.2. The van der Waals surface area contributed by atoms with Gasteiger partial charge in [-0.3, -0.25) is 4.99 Å². The Morgan fingerprint density at radius 1 is 1.19 bits per heavy atom. The van der Waals surface area contributed by atoms with Crippen LogP contribution in [0.5, 0.6) is 0 Å². The fraction of sp³-hybridized carbons (Fsp3) is 0.421. The van der Waals surface area contributed by atoms with Gasteiger partial charge in [0.2, 0.25) is 5.95 Å². The standard InChI is InChI=1S/C19H22ClFN6/c1-22-18(25-16-12-13(16)17-14(20)4-2-5-15(17)21)26-8-10-27(11-9-26)19-23-6-3-7-24-19/h2-7,13,16H,8-12H2,1H3,(H,22,25). The monoisotopic (exact) mass is 388 g/mol. The van der Waals surface area contributed by atoms with Gasteiger partial charge in [0.15, 0.2) is 5.96 Å². The van der Waals surface area contributed by atoms with Gasteiger partial charge in [0.05, 0.1) is 0 Å². The number of aromatic nitrogens is 2. The smallest absolute Gasteiger partial charge is 0.225 e. The van der Waals surface area contributed by atoms with E-state index < -0.39 is 0 Å². The molecule has 1 aliphatic carbocycles. The highest BCUT2D eigenvalue weighted by Crippen LogP contribution is 2.45. The third-order valence-electron chi connectivity index (χ3n) is 5.10. The molecule has 1 saturated heterocycles. The van der Waals surface area contributed by atoms with E-state index in [9.17, 15) is 4.39 Å². The van der Waals surface area contributed by atoms with Crippen molar-refractivity contribution in [2.24, 2.45) is 4.99 Å². The van der Waals surface area contributed by atoms with Crippen molar-refractivity contribution in [1.82, 2.24) is 20.2 Å². The fourth-order valence-corrected chi connectivity index (χ4v) is 3.88. The Morgan fingerprint density at radius 3 is 2.59 bits per heavy atom. The summed E-state index contributed by atoms with van der Waals surface area (Å²) in [6.45, 7) is 3.32. The molecule has 1 aromatic heterocycles. The molecule has 0 amide bonds. The molecule has 2 unspecified atom stereocenters. The van der Waals surface area contributed by atoms with Crippen LogP contribution in [0.3, 0.4) is 0 Å². The highest BCUT2D eigenvalue weighted by atomic mass is 35.5. The first-order valence-electron chi connectivity index (χ1n) is 9.11. The van der Waals surface area contributed by atoms with Crippen LogP contribution in [-0.2, 0) is 0 Å². The van der Waals surface area contributed by atoms with E-state index in [2.05, 4.69) is 30.1 Å². The second-order valence-electron chi connectivity index (χ2n) is 6.80. The van der Waals surface area contributed by atoms with Crippen LogP contribution in [0.25, 0.3) is 0 Å². The van der Waals surface area contributed by atoms with Crippen LogP contribution in [0, 0.1) is 5.82 Å². The molecule has 0 spiro atoms. The highest BCUT2D eigenvalue weighted by molar-refractivity contribution is 6.31. The van der Waals surface area contributed by atoms with E-state index >= 15 is 0 Å². The molecule has 142 valence electrons. The van der Waals surface area contributed by atoms with Gasteiger partial charge in [-0.05, 0) is 24.6 Å². The number of benzene rings is 1. The van der Waals surface area contributed by atoms with Crippen LogP contribution in [0.15, 0.2) is 41.7 Å². The number of rotatable bonds is 3. The lowest BCUT2D eigenvalue weighted by Gasteiger charge is -2.36. The second kappa shape index (κ2) is 7.68. The molecule has 1 saturated carbocycles. The number of hydrogen-bond donors (Lipinski definition) is 1. The Morgan fingerprint density at radius 2 is 1.93 bits per heavy atom. The van der Waals surface area contributed by atoms with E-state index in [0.717, 1.165) is 44.5 Å². The van der Waals surface area contributed by atoms with Gasteiger partial charge >= 0.3 is 0 Å². The van der Waals surface area contributed by atoms with Crippen LogP contribution < -0.4 is 10.2 Å². The maximum absolute atomic E-state index is 14.1. The lowest BCUT2D eigenvalue weighted by Crippen LogP contribution is -2.53. The average molecular weight is 389 g/mol. The highest BCUT2D eigenvalue weighted by Gasteiger charge is 2.42. The normalized spacial score (nSPS) is 22.7. The quantitative estimate of drug-likeness (QED) is 0.646. The summed E-state index contributed by atoms with van der Waals surface area (Å²) in [5.41, 5.74) is 0.609. The summed E-state index contributed by atoms with van der Waals surface area (Å²) < 4.78 is 14.1. The van der Waals surface area contributed by atoms with Crippen molar-refractivity contribution in [1.29, 1.82) is 0 Å². The average Bonchev–Trinajstić information content (AvgIpc) is 3.45. The van der Waals surface area contributed by atoms with Crippen LogP contribution >= 0.6 is 11.6 Å². The van der Waals surface area contributed by atoms with E-state index in [1.54, 1.807) is 31.6 Å². The number of nitrogens with one attached hydrogen (secondary N) is 1. The number of piperazine rings is 1. The zero-order valence-corrected chi connectivity index (χ0v) is 15.9. The van der Waals surface area contributed by atoms with Gasteiger partial charge in [-0.15, -0.1) is 0 Å². The van der Waals surface area contributed by atoms with Crippen molar-refractivity contribution in [3.63, 3.8) is 0 Å². The summed E-state index contributed by atoms with van der Waals surface area (Å²) in [5, 5.41) is 3.96. The van der Waals surface area contributed by atoms with Crippen molar-refractivity contribution >= 4 is 23.5 Å². The predicted molar refractivity (Wildman–Crippen MR) is 105 cm³/mol. The minimum absolute atomic E-state index is 0.0921. The number of halogens is 2. The molecule has 8 heteroatoms. The van der Waals surface area contributed by atoms with Crippen LogP contribution in [0.1, 0.15) is 17.9 Å². The van der Waals surface area contributed by atoms with Crippen molar-refractivity contribution in [3.05, 3.63) is 53.1 Å². The summed E-state index contributed by atoms with van der Waals surface area (Å²) in [6.07, 6.45) is 4.38. The predicted octanol–water partition coefficient (Wildman–Crippen LogP) is 2.52. The van der Waals surface area contributed by atoms with Crippen molar-refractivity contribution < 1.29 is 4.39 Å². The summed E-state index contributed by atoms with van der Waals surface area (Å²) in [6, 6.07) is 6.83. The maximum atomic E-state index is 14.1. The molecule has 4 rings (SSSR count). The van der Waals surface area contributed by atoms with Gasteiger partial charge in [-0.25, -0.2) is 14.4 Å². The molecule has 0 radical (unpaired) electrons. The minimum Gasteiger partial charge on any atom is -0.353 e. The largest absolute Gasteiger partial charge is 0.353 e. The Labute approximate surface area is 163 Å².